The first-order valence-electron chi connectivity index (χ1n) is 12.3. The van der Waals surface area contributed by atoms with E-state index in [0.717, 1.165) is 6.42 Å². The summed E-state index contributed by atoms with van der Waals surface area (Å²) in [6.45, 7) is 7.63. The highest BCUT2D eigenvalue weighted by Crippen LogP contribution is 2.35. The molecule has 3 rings (SSSR count). The zero-order valence-electron chi connectivity index (χ0n) is 22.3. The molecule has 1 saturated carbocycles. The van der Waals surface area contributed by atoms with E-state index < -0.39 is 23.4 Å². The minimum Gasteiger partial charge on any atom is -0.469 e. The Morgan fingerprint density at radius 1 is 1.30 bits per heavy atom. The Balaban J connectivity index is 1.72. The monoisotopic (exact) mass is 538 g/mol. The normalized spacial score (nSPS) is 22.4. The molecule has 2 aromatic rings. The summed E-state index contributed by atoms with van der Waals surface area (Å²) in [6, 6.07) is 5.05. The zero-order valence-corrected chi connectivity index (χ0v) is 23.0. The number of aromatic nitrogens is 3. The van der Waals surface area contributed by atoms with Gasteiger partial charge in [-0.25, -0.2) is 9.37 Å². The van der Waals surface area contributed by atoms with Crippen molar-refractivity contribution >= 4 is 17.6 Å². The molecule has 204 valence electrons. The van der Waals surface area contributed by atoms with Crippen LogP contribution in [0.5, 0.6) is 11.6 Å². The molecule has 1 aliphatic rings. The number of rotatable bonds is 9. The lowest BCUT2D eigenvalue weighted by Gasteiger charge is -2.39. The molecular formula is C26H36ClFN4O5. The number of hydrogen-bond acceptors (Lipinski definition) is 9. The zero-order chi connectivity index (χ0) is 27.2. The third-order valence-corrected chi connectivity index (χ3v) is 6.51. The average Bonchev–Trinajstić information content (AvgIpc) is 2.95. The maximum absolute atomic E-state index is 15.1. The fraction of sp³-hybridized carbons (Fsp3) is 0.615. The van der Waals surface area contributed by atoms with Crippen LogP contribution in [-0.4, -0.2) is 77.0 Å². The molecule has 1 unspecified atom stereocenters. The smallest absolute Gasteiger partial charge is 0.320 e. The lowest BCUT2D eigenvalue weighted by atomic mass is 9.89. The Morgan fingerprint density at radius 3 is 2.70 bits per heavy atom. The first kappa shape index (κ1) is 29.0. The molecule has 37 heavy (non-hydrogen) atoms. The SMILES string of the molecule is COCOc1cc(Cl)ccc1-c1ncc(O[C@H]2C[C@@](C)(N(C)CC(=O)OC(C)(C)C)CCCC2F)nn1. The van der Waals surface area contributed by atoms with Crippen LogP contribution in [0.3, 0.4) is 0 Å². The summed E-state index contributed by atoms with van der Waals surface area (Å²) in [7, 11) is 3.37. The van der Waals surface area contributed by atoms with E-state index in [-0.39, 0.29) is 25.2 Å². The number of ether oxygens (including phenoxy) is 4. The van der Waals surface area contributed by atoms with Crippen LogP contribution in [0.15, 0.2) is 24.4 Å². The van der Waals surface area contributed by atoms with E-state index in [0.29, 0.717) is 41.4 Å². The minimum absolute atomic E-state index is 0.0304. The number of nitrogens with zero attached hydrogens (tertiary/aromatic N) is 4. The second-order valence-electron chi connectivity index (χ2n) is 10.5. The van der Waals surface area contributed by atoms with Crippen LogP contribution in [0, 0.1) is 0 Å². The maximum Gasteiger partial charge on any atom is 0.320 e. The number of hydrogen-bond donors (Lipinski definition) is 0. The Bertz CT molecular complexity index is 1050. The van der Waals surface area contributed by atoms with Crippen LogP contribution in [0.2, 0.25) is 5.02 Å². The van der Waals surface area contributed by atoms with Crippen molar-refractivity contribution in [1.82, 2.24) is 20.1 Å². The molecule has 1 fully saturated rings. The predicted molar refractivity (Wildman–Crippen MR) is 137 cm³/mol. The number of halogens is 2. The Kier molecular flexibility index (Phi) is 9.66. The second-order valence-corrected chi connectivity index (χ2v) is 11.0. The van der Waals surface area contributed by atoms with Crippen molar-refractivity contribution in [3.8, 4) is 23.0 Å². The molecule has 1 aromatic carbocycles. The van der Waals surface area contributed by atoms with Gasteiger partial charge in [-0.15, -0.1) is 10.2 Å². The van der Waals surface area contributed by atoms with Crippen molar-refractivity contribution in [2.45, 2.75) is 76.8 Å². The van der Waals surface area contributed by atoms with Gasteiger partial charge in [0.25, 0.3) is 5.88 Å². The van der Waals surface area contributed by atoms with E-state index in [9.17, 15) is 4.79 Å². The molecule has 3 atom stereocenters. The molecule has 1 aliphatic carbocycles. The molecular weight excluding hydrogens is 503 g/mol. The second kappa shape index (κ2) is 12.3. The number of likely N-dealkylation sites (N-methyl/N-ethyl adjacent to an activating group) is 1. The summed E-state index contributed by atoms with van der Waals surface area (Å²) < 4.78 is 37.1. The van der Waals surface area contributed by atoms with E-state index in [1.54, 1.807) is 18.2 Å². The molecule has 0 radical (unpaired) electrons. The summed E-state index contributed by atoms with van der Waals surface area (Å²) in [5, 5.41) is 8.78. The van der Waals surface area contributed by atoms with Crippen molar-refractivity contribution < 1.29 is 28.1 Å². The van der Waals surface area contributed by atoms with Gasteiger partial charge in [-0.2, -0.15) is 0 Å². The Morgan fingerprint density at radius 2 is 2.05 bits per heavy atom. The highest BCUT2D eigenvalue weighted by atomic mass is 35.5. The summed E-state index contributed by atoms with van der Waals surface area (Å²) >= 11 is 6.08. The van der Waals surface area contributed by atoms with Gasteiger partial charge in [0.2, 0.25) is 0 Å². The third-order valence-electron chi connectivity index (χ3n) is 6.28. The van der Waals surface area contributed by atoms with Gasteiger partial charge in [-0.05, 0) is 72.2 Å². The summed E-state index contributed by atoms with van der Waals surface area (Å²) in [5.41, 5.74) is -0.465. The van der Waals surface area contributed by atoms with E-state index in [1.165, 1.54) is 13.3 Å². The van der Waals surface area contributed by atoms with E-state index >= 15 is 4.39 Å². The Labute approximate surface area is 222 Å². The van der Waals surface area contributed by atoms with Crippen LogP contribution in [0.1, 0.15) is 53.4 Å². The first-order valence-corrected chi connectivity index (χ1v) is 12.6. The molecule has 1 heterocycles. The van der Waals surface area contributed by atoms with Gasteiger partial charge in [-0.3, -0.25) is 9.69 Å². The molecule has 0 amide bonds. The highest BCUT2D eigenvalue weighted by molar-refractivity contribution is 6.30. The lowest BCUT2D eigenvalue weighted by molar-refractivity contribution is -0.157. The predicted octanol–water partition coefficient (Wildman–Crippen LogP) is 4.87. The molecule has 0 spiro atoms. The van der Waals surface area contributed by atoms with Crippen LogP contribution in [-0.2, 0) is 14.3 Å². The fourth-order valence-corrected chi connectivity index (χ4v) is 4.43. The molecule has 1 aromatic heterocycles. The van der Waals surface area contributed by atoms with E-state index in [2.05, 4.69) is 15.2 Å². The molecule has 9 nitrogen and oxygen atoms in total. The average molecular weight is 539 g/mol. The van der Waals surface area contributed by atoms with Gasteiger partial charge < -0.3 is 18.9 Å². The van der Waals surface area contributed by atoms with Crippen molar-refractivity contribution in [2.24, 2.45) is 0 Å². The third kappa shape index (κ3) is 8.21. The van der Waals surface area contributed by atoms with Crippen molar-refractivity contribution in [3.63, 3.8) is 0 Å². The number of carbonyl (C=O) groups excluding carboxylic acids is 1. The topological polar surface area (TPSA) is 95.9 Å². The van der Waals surface area contributed by atoms with Gasteiger partial charge in [0, 0.05) is 24.1 Å². The van der Waals surface area contributed by atoms with Gasteiger partial charge in [-0.1, -0.05) is 11.6 Å². The maximum atomic E-state index is 15.1. The number of esters is 1. The van der Waals surface area contributed by atoms with Crippen molar-refractivity contribution in [1.29, 1.82) is 0 Å². The minimum atomic E-state index is -1.19. The van der Waals surface area contributed by atoms with Crippen LogP contribution < -0.4 is 9.47 Å². The standard InChI is InChI=1S/C26H36ClFN4O5/c1-25(2,3)37-23(33)15-32(5)26(4)11-7-8-19(28)21(13-26)36-22-14-29-24(31-30-22)18-10-9-17(27)12-20(18)35-16-34-6/h9-10,12,14,19,21H,7-8,11,13,15-16H2,1-6H3/t19?,21-,26-/m0/s1. The van der Waals surface area contributed by atoms with Crippen LogP contribution in [0.25, 0.3) is 11.4 Å². The number of benzene rings is 1. The summed E-state index contributed by atoms with van der Waals surface area (Å²) in [4.78, 5) is 18.7. The van der Waals surface area contributed by atoms with Crippen molar-refractivity contribution in [3.05, 3.63) is 29.4 Å². The van der Waals surface area contributed by atoms with Crippen molar-refractivity contribution in [2.75, 3.05) is 27.5 Å². The molecule has 0 aliphatic heterocycles. The van der Waals surface area contributed by atoms with Crippen LogP contribution >= 0.6 is 11.6 Å². The lowest BCUT2D eigenvalue weighted by Crippen LogP contribution is -2.50. The van der Waals surface area contributed by atoms with E-state index in [4.69, 9.17) is 30.5 Å². The number of carbonyl (C=O) groups is 1. The largest absolute Gasteiger partial charge is 0.469 e. The van der Waals surface area contributed by atoms with E-state index in [1.807, 2.05) is 39.6 Å². The fourth-order valence-electron chi connectivity index (χ4n) is 4.27. The first-order chi connectivity index (χ1) is 17.4. The summed E-state index contributed by atoms with van der Waals surface area (Å²) in [6.07, 6.45) is 1.55. The molecule has 0 N–H and O–H groups in total. The quantitative estimate of drug-likeness (QED) is 0.252. The van der Waals surface area contributed by atoms with Gasteiger partial charge >= 0.3 is 5.97 Å². The van der Waals surface area contributed by atoms with Gasteiger partial charge in [0.15, 0.2) is 12.6 Å². The number of methoxy groups -OCH3 is 1. The van der Waals surface area contributed by atoms with Crippen LogP contribution in [0.4, 0.5) is 4.39 Å². The molecule has 11 heteroatoms. The highest BCUT2D eigenvalue weighted by Gasteiger charge is 2.40. The Hall–Kier alpha value is -2.56. The van der Waals surface area contributed by atoms with Gasteiger partial charge in [0.1, 0.15) is 23.6 Å². The summed E-state index contributed by atoms with van der Waals surface area (Å²) in [5.74, 6) is 0.538. The molecule has 0 bridgehead atoms. The molecule has 0 saturated heterocycles. The van der Waals surface area contributed by atoms with Gasteiger partial charge in [0.05, 0.1) is 18.3 Å². The number of alkyl halides is 1.